The first kappa shape index (κ1) is 8.36. The molecule has 2 saturated heterocycles. The maximum atomic E-state index is 3.55. The largest absolute Gasteiger partial charge is 0.323 e. The van der Waals surface area contributed by atoms with Gasteiger partial charge in [0.1, 0.15) is 0 Å². The molecule has 1 aromatic heterocycles. The van der Waals surface area contributed by atoms with Crippen LogP contribution in [0, 0.1) is 11.8 Å². The topological polar surface area (TPSA) is 29.0 Å². The lowest BCUT2D eigenvalue weighted by molar-refractivity contribution is 0.187. The van der Waals surface area contributed by atoms with E-state index in [0.29, 0.717) is 6.04 Å². The molecule has 0 amide bonds. The van der Waals surface area contributed by atoms with Gasteiger partial charge in [0.2, 0.25) is 0 Å². The lowest BCUT2D eigenvalue weighted by Gasteiger charge is -2.39. The SMILES string of the molecule is CC(Nn1cccc1)C1C2CNC1C2. The van der Waals surface area contributed by atoms with Crippen LogP contribution < -0.4 is 10.7 Å². The highest BCUT2D eigenvalue weighted by Crippen LogP contribution is 2.42. The normalized spacial score (nSPS) is 36.5. The standard InChI is InChI=1S/C11H17N3/c1-8(13-14-4-2-3-5-14)11-9-6-10(11)12-7-9/h2-5,8-13H,6-7H2,1H3. The van der Waals surface area contributed by atoms with E-state index in [9.17, 15) is 0 Å². The van der Waals surface area contributed by atoms with Crippen LogP contribution in [0.4, 0.5) is 0 Å². The van der Waals surface area contributed by atoms with Crippen molar-refractivity contribution >= 4 is 0 Å². The molecular formula is C11H17N3. The quantitative estimate of drug-likeness (QED) is 0.747. The van der Waals surface area contributed by atoms with E-state index in [1.54, 1.807) is 0 Å². The van der Waals surface area contributed by atoms with Gasteiger partial charge < -0.3 is 10.7 Å². The number of hydrogen-bond donors (Lipinski definition) is 2. The van der Waals surface area contributed by atoms with Gasteiger partial charge in [0.15, 0.2) is 0 Å². The second-order valence-electron chi connectivity index (χ2n) is 4.60. The van der Waals surface area contributed by atoms with Gasteiger partial charge in [-0.25, -0.2) is 0 Å². The predicted octanol–water partition coefficient (Wildman–Crippen LogP) is 1.03. The summed E-state index contributed by atoms with van der Waals surface area (Å²) in [5.74, 6) is 1.75. The average molecular weight is 191 g/mol. The van der Waals surface area contributed by atoms with Crippen molar-refractivity contribution in [3.05, 3.63) is 24.5 Å². The zero-order valence-corrected chi connectivity index (χ0v) is 8.48. The Bertz CT molecular complexity index is 292. The van der Waals surface area contributed by atoms with Crippen molar-refractivity contribution < 1.29 is 0 Å². The first-order valence-electron chi connectivity index (χ1n) is 5.47. The lowest BCUT2D eigenvalue weighted by atomic mass is 9.70. The van der Waals surface area contributed by atoms with Gasteiger partial charge in [-0.05, 0) is 43.9 Å². The van der Waals surface area contributed by atoms with E-state index < -0.39 is 0 Å². The first-order chi connectivity index (χ1) is 6.84. The summed E-state index contributed by atoms with van der Waals surface area (Å²) < 4.78 is 2.06. The highest BCUT2D eigenvalue weighted by atomic mass is 15.4. The summed E-state index contributed by atoms with van der Waals surface area (Å²) in [5.41, 5.74) is 3.50. The first-order valence-corrected chi connectivity index (χ1v) is 5.47. The van der Waals surface area contributed by atoms with Crippen molar-refractivity contribution in [2.75, 3.05) is 12.0 Å². The molecular weight excluding hydrogens is 174 g/mol. The second kappa shape index (κ2) is 3.02. The van der Waals surface area contributed by atoms with E-state index >= 15 is 0 Å². The van der Waals surface area contributed by atoms with Crippen molar-refractivity contribution in [3.8, 4) is 0 Å². The molecule has 2 N–H and O–H groups in total. The highest BCUT2D eigenvalue weighted by molar-refractivity contribution is 5.08. The third-order valence-electron chi connectivity index (χ3n) is 3.74. The van der Waals surface area contributed by atoms with E-state index in [1.165, 1.54) is 13.0 Å². The Morgan fingerprint density at radius 2 is 2.21 bits per heavy atom. The fourth-order valence-corrected chi connectivity index (χ4v) is 3.01. The summed E-state index contributed by atoms with van der Waals surface area (Å²) in [6.45, 7) is 3.52. The van der Waals surface area contributed by atoms with E-state index in [0.717, 1.165) is 17.9 Å². The smallest absolute Gasteiger partial charge is 0.0442 e. The zero-order chi connectivity index (χ0) is 9.54. The maximum absolute atomic E-state index is 3.55. The monoisotopic (exact) mass is 191 g/mol. The van der Waals surface area contributed by atoms with Crippen LogP contribution in [0.15, 0.2) is 24.5 Å². The van der Waals surface area contributed by atoms with E-state index in [2.05, 4.69) is 34.7 Å². The molecule has 2 bridgehead atoms. The van der Waals surface area contributed by atoms with Crippen molar-refractivity contribution in [2.45, 2.75) is 25.4 Å². The Balaban J connectivity index is 1.64. The molecule has 2 aliphatic heterocycles. The molecule has 3 heterocycles. The molecule has 4 rings (SSSR count). The minimum Gasteiger partial charge on any atom is -0.323 e. The van der Waals surface area contributed by atoms with Gasteiger partial charge in [0.25, 0.3) is 0 Å². The summed E-state index contributed by atoms with van der Waals surface area (Å²) in [7, 11) is 0. The molecule has 1 aromatic rings. The van der Waals surface area contributed by atoms with Crippen LogP contribution in [-0.4, -0.2) is 23.3 Å². The Morgan fingerprint density at radius 3 is 2.79 bits per heavy atom. The van der Waals surface area contributed by atoms with Crippen LogP contribution in [0.5, 0.6) is 0 Å². The average Bonchev–Trinajstić information content (AvgIpc) is 2.77. The molecule has 3 nitrogen and oxygen atoms in total. The van der Waals surface area contributed by atoms with E-state index in [1.807, 2.05) is 12.1 Å². The van der Waals surface area contributed by atoms with E-state index in [4.69, 9.17) is 0 Å². The zero-order valence-electron chi connectivity index (χ0n) is 8.48. The molecule has 0 aromatic carbocycles. The van der Waals surface area contributed by atoms with Gasteiger partial charge in [-0.3, -0.25) is 4.68 Å². The van der Waals surface area contributed by atoms with Crippen molar-refractivity contribution in [1.82, 2.24) is 9.99 Å². The minimum absolute atomic E-state index is 0.571. The summed E-state index contributed by atoms with van der Waals surface area (Å²) >= 11 is 0. The molecule has 0 spiro atoms. The van der Waals surface area contributed by atoms with Crippen molar-refractivity contribution in [1.29, 1.82) is 0 Å². The number of rotatable bonds is 3. The Hall–Kier alpha value is -0.960. The lowest BCUT2D eigenvalue weighted by Crippen LogP contribution is -2.48. The van der Waals surface area contributed by atoms with Gasteiger partial charge in [0.05, 0.1) is 0 Å². The van der Waals surface area contributed by atoms with Crippen LogP contribution in [0.2, 0.25) is 0 Å². The third-order valence-corrected chi connectivity index (χ3v) is 3.74. The van der Waals surface area contributed by atoms with Crippen LogP contribution in [0.3, 0.4) is 0 Å². The molecule has 0 radical (unpaired) electrons. The van der Waals surface area contributed by atoms with Gasteiger partial charge >= 0.3 is 0 Å². The maximum Gasteiger partial charge on any atom is 0.0442 e. The van der Waals surface area contributed by atoms with Gasteiger partial charge in [-0.2, -0.15) is 0 Å². The Kier molecular flexibility index (Phi) is 1.80. The molecule has 76 valence electrons. The fraction of sp³-hybridized carbons (Fsp3) is 0.636. The highest BCUT2D eigenvalue weighted by Gasteiger charge is 2.49. The molecule has 4 unspecified atom stereocenters. The molecule has 3 aliphatic rings. The molecule has 1 saturated carbocycles. The summed E-state index contributed by atoms with van der Waals surface area (Å²) in [6, 6.07) is 5.44. The van der Waals surface area contributed by atoms with Crippen LogP contribution >= 0.6 is 0 Å². The van der Waals surface area contributed by atoms with Crippen LogP contribution in [-0.2, 0) is 0 Å². The molecule has 4 atom stereocenters. The number of nitrogens with zero attached hydrogens (tertiary/aromatic N) is 1. The molecule has 1 aliphatic carbocycles. The molecule has 3 fully saturated rings. The molecule has 3 heteroatoms. The second-order valence-corrected chi connectivity index (χ2v) is 4.60. The number of aromatic nitrogens is 1. The number of nitrogens with one attached hydrogen (secondary N) is 2. The van der Waals surface area contributed by atoms with Crippen molar-refractivity contribution in [2.24, 2.45) is 11.8 Å². The molecule has 14 heavy (non-hydrogen) atoms. The van der Waals surface area contributed by atoms with Gasteiger partial charge in [-0.15, -0.1) is 0 Å². The Labute approximate surface area is 84.5 Å². The predicted molar refractivity (Wildman–Crippen MR) is 56.6 cm³/mol. The Morgan fingerprint density at radius 1 is 1.43 bits per heavy atom. The summed E-state index contributed by atoms with van der Waals surface area (Å²) in [6.07, 6.45) is 5.51. The minimum atomic E-state index is 0.571. The van der Waals surface area contributed by atoms with E-state index in [-0.39, 0.29) is 0 Å². The fourth-order valence-electron chi connectivity index (χ4n) is 3.01. The number of hydrogen-bond acceptors (Lipinski definition) is 2. The number of fused-ring (bicyclic) bond motifs is 1. The summed E-state index contributed by atoms with van der Waals surface area (Å²) in [4.78, 5) is 0. The van der Waals surface area contributed by atoms with Gasteiger partial charge in [-0.1, -0.05) is 0 Å². The van der Waals surface area contributed by atoms with Crippen LogP contribution in [0.1, 0.15) is 13.3 Å². The summed E-state index contributed by atoms with van der Waals surface area (Å²) in [5, 5.41) is 3.55. The van der Waals surface area contributed by atoms with Crippen molar-refractivity contribution in [3.63, 3.8) is 0 Å². The van der Waals surface area contributed by atoms with Gasteiger partial charge in [0, 0.05) is 24.5 Å². The third kappa shape index (κ3) is 1.16. The van der Waals surface area contributed by atoms with Crippen LogP contribution in [0.25, 0.3) is 0 Å².